The number of aliphatic hydroxyl groups is 2. The fourth-order valence-corrected chi connectivity index (χ4v) is 5.48. The minimum atomic E-state index is -2.24. The van der Waals surface area contributed by atoms with Crippen LogP contribution in [0.3, 0.4) is 0 Å². The van der Waals surface area contributed by atoms with E-state index in [1.54, 1.807) is 50.2 Å². The van der Waals surface area contributed by atoms with E-state index in [4.69, 9.17) is 16.3 Å². The second kappa shape index (κ2) is 7.41. The third-order valence-corrected chi connectivity index (χ3v) is 6.87. The van der Waals surface area contributed by atoms with Crippen LogP contribution in [0.5, 0.6) is 0 Å². The van der Waals surface area contributed by atoms with Gasteiger partial charge in [-0.2, -0.15) is 0 Å². The van der Waals surface area contributed by atoms with Crippen molar-refractivity contribution in [3.05, 3.63) is 93.7 Å². The molecule has 34 heavy (non-hydrogen) atoms. The van der Waals surface area contributed by atoms with Gasteiger partial charge in [0, 0.05) is 27.5 Å². The van der Waals surface area contributed by atoms with Crippen molar-refractivity contribution in [3.63, 3.8) is 0 Å². The third-order valence-electron chi connectivity index (χ3n) is 6.62. The lowest BCUT2D eigenvalue weighted by atomic mass is 9.57. The summed E-state index contributed by atoms with van der Waals surface area (Å²) in [4.78, 5) is 42.3. The number of halogens is 1. The maximum absolute atomic E-state index is 14.3. The SMILES string of the molecule is CCOC(=O)C1=C(C)N(c2ccc(Cl)cc2)C2(O)C=CC(=O)C3=C(O)c4ccccc4C(=O)C312. The molecule has 1 heterocycles. The molecule has 1 aliphatic heterocycles. The van der Waals surface area contributed by atoms with Gasteiger partial charge in [-0.05, 0) is 50.3 Å². The number of rotatable bonds is 3. The summed E-state index contributed by atoms with van der Waals surface area (Å²) in [6.45, 7) is 3.18. The zero-order chi connectivity index (χ0) is 24.4. The zero-order valence-electron chi connectivity index (χ0n) is 18.3. The Balaban J connectivity index is 1.93. The molecule has 0 amide bonds. The fraction of sp³-hybridized carbons (Fsp3) is 0.192. The van der Waals surface area contributed by atoms with Crippen LogP contribution in [0.4, 0.5) is 5.69 Å². The van der Waals surface area contributed by atoms with E-state index in [-0.39, 0.29) is 34.6 Å². The van der Waals surface area contributed by atoms with Crippen LogP contribution in [0, 0.1) is 5.41 Å². The van der Waals surface area contributed by atoms with Gasteiger partial charge in [-0.15, -0.1) is 0 Å². The number of Topliss-reactive ketones (excluding diaryl/α,β-unsaturated/α-hetero) is 1. The van der Waals surface area contributed by atoms with E-state index in [9.17, 15) is 24.6 Å². The van der Waals surface area contributed by atoms with Gasteiger partial charge in [0.25, 0.3) is 0 Å². The minimum Gasteiger partial charge on any atom is -0.507 e. The number of esters is 1. The average Bonchev–Trinajstić information content (AvgIpc) is 3.02. The van der Waals surface area contributed by atoms with Crippen molar-refractivity contribution in [2.24, 2.45) is 5.41 Å². The number of nitrogens with zero attached hydrogens (tertiary/aromatic N) is 1. The van der Waals surface area contributed by atoms with Crippen LogP contribution in [-0.4, -0.2) is 40.1 Å². The van der Waals surface area contributed by atoms with Crippen LogP contribution < -0.4 is 4.90 Å². The molecule has 5 rings (SSSR count). The van der Waals surface area contributed by atoms with Crippen molar-refractivity contribution < 1.29 is 29.3 Å². The second-order valence-corrected chi connectivity index (χ2v) is 8.70. The van der Waals surface area contributed by atoms with E-state index in [1.807, 2.05) is 0 Å². The molecule has 8 heteroatoms. The Bertz CT molecular complexity index is 1370. The Kier molecular flexibility index (Phi) is 4.83. The molecule has 2 N–H and O–H groups in total. The van der Waals surface area contributed by atoms with Crippen molar-refractivity contribution in [3.8, 4) is 0 Å². The number of ketones is 2. The number of aliphatic hydroxyl groups excluding tert-OH is 1. The molecule has 2 aromatic carbocycles. The number of fused-ring (bicyclic) bond motifs is 1. The molecule has 0 bridgehead atoms. The molecule has 0 radical (unpaired) electrons. The van der Waals surface area contributed by atoms with Crippen LogP contribution in [0.2, 0.25) is 5.02 Å². The fourth-order valence-electron chi connectivity index (χ4n) is 5.36. The molecule has 3 aliphatic rings. The maximum Gasteiger partial charge on any atom is 0.337 e. The lowest BCUT2D eigenvalue weighted by Crippen LogP contribution is -2.63. The highest BCUT2D eigenvalue weighted by Gasteiger charge is 2.73. The average molecular weight is 478 g/mol. The largest absolute Gasteiger partial charge is 0.507 e. The van der Waals surface area contributed by atoms with Crippen molar-refractivity contribution >= 4 is 40.6 Å². The van der Waals surface area contributed by atoms with Gasteiger partial charge in [0.1, 0.15) is 5.76 Å². The number of allylic oxidation sites excluding steroid dienone is 2. The van der Waals surface area contributed by atoms with Gasteiger partial charge < -0.3 is 19.8 Å². The number of anilines is 1. The molecule has 1 spiro atoms. The standard InChI is InChI=1S/C26H20ClNO6/c1-3-34-24(32)20-14(2)28(16-10-8-15(27)9-11-16)25(33)13-12-19(29)21-22(30)17-6-4-5-7-18(17)23(31)26(20,21)25/h4-13,30,33H,3H2,1-2H3. The molecular formula is C26H20ClNO6. The summed E-state index contributed by atoms with van der Waals surface area (Å²) >= 11 is 6.05. The lowest BCUT2D eigenvalue weighted by molar-refractivity contribution is -0.140. The predicted octanol–water partition coefficient (Wildman–Crippen LogP) is 3.98. The van der Waals surface area contributed by atoms with E-state index in [1.165, 1.54) is 23.1 Å². The highest BCUT2D eigenvalue weighted by molar-refractivity contribution is 6.30. The van der Waals surface area contributed by atoms with Gasteiger partial charge in [0.2, 0.25) is 0 Å². The monoisotopic (exact) mass is 477 g/mol. The lowest BCUT2D eigenvalue weighted by Gasteiger charge is -2.49. The molecule has 0 saturated heterocycles. The van der Waals surface area contributed by atoms with Crippen LogP contribution in [-0.2, 0) is 14.3 Å². The Morgan fingerprint density at radius 3 is 2.38 bits per heavy atom. The summed E-state index contributed by atoms with van der Waals surface area (Å²) in [6, 6.07) is 12.7. The first kappa shape index (κ1) is 22.1. The van der Waals surface area contributed by atoms with Gasteiger partial charge in [0.05, 0.1) is 17.8 Å². The van der Waals surface area contributed by atoms with E-state index in [0.717, 1.165) is 6.08 Å². The van der Waals surface area contributed by atoms with Crippen molar-refractivity contribution in [2.75, 3.05) is 11.5 Å². The zero-order valence-corrected chi connectivity index (χ0v) is 19.1. The second-order valence-electron chi connectivity index (χ2n) is 8.26. The molecule has 0 aromatic heterocycles. The number of benzene rings is 2. The number of hydrogen-bond acceptors (Lipinski definition) is 7. The number of ether oxygens (including phenoxy) is 1. The first-order valence-electron chi connectivity index (χ1n) is 10.7. The van der Waals surface area contributed by atoms with Gasteiger partial charge in [-0.1, -0.05) is 35.9 Å². The van der Waals surface area contributed by atoms with Crippen molar-refractivity contribution in [2.45, 2.75) is 19.6 Å². The summed E-state index contributed by atoms with van der Waals surface area (Å²) in [6.07, 6.45) is 2.30. The summed E-state index contributed by atoms with van der Waals surface area (Å²) in [5, 5.41) is 24.0. The number of hydrogen-bond donors (Lipinski definition) is 2. The molecule has 2 aliphatic carbocycles. The minimum absolute atomic E-state index is 0.00462. The molecule has 0 fully saturated rings. The Morgan fingerprint density at radius 1 is 1.09 bits per heavy atom. The molecule has 7 nitrogen and oxygen atoms in total. The van der Waals surface area contributed by atoms with E-state index < -0.39 is 34.4 Å². The van der Waals surface area contributed by atoms with Crippen molar-refractivity contribution in [1.29, 1.82) is 0 Å². The first-order chi connectivity index (χ1) is 16.2. The maximum atomic E-state index is 14.3. The number of carbonyl (C=O) groups excluding carboxylic acids is 3. The molecular weight excluding hydrogens is 458 g/mol. The molecule has 2 unspecified atom stereocenters. The Labute approximate surface area is 200 Å². The third kappa shape index (κ3) is 2.53. The predicted molar refractivity (Wildman–Crippen MR) is 125 cm³/mol. The normalized spacial score (nSPS) is 25.4. The van der Waals surface area contributed by atoms with Crippen LogP contribution in [0.1, 0.15) is 29.8 Å². The highest BCUT2D eigenvalue weighted by Crippen LogP contribution is 2.62. The summed E-state index contributed by atoms with van der Waals surface area (Å²) in [5.41, 5.74) is -4.16. The van der Waals surface area contributed by atoms with Crippen molar-refractivity contribution in [1.82, 2.24) is 0 Å². The number of carbonyl (C=O) groups is 3. The topological polar surface area (TPSA) is 104 Å². The quantitative estimate of drug-likeness (QED) is 0.644. The summed E-state index contributed by atoms with van der Waals surface area (Å²) in [5.74, 6) is -2.70. The Morgan fingerprint density at radius 2 is 1.74 bits per heavy atom. The molecule has 2 aromatic rings. The highest BCUT2D eigenvalue weighted by atomic mass is 35.5. The summed E-state index contributed by atoms with van der Waals surface area (Å²) < 4.78 is 5.30. The van der Waals surface area contributed by atoms with Gasteiger partial charge in [0.15, 0.2) is 22.7 Å². The van der Waals surface area contributed by atoms with Crippen LogP contribution in [0.15, 0.2) is 77.5 Å². The summed E-state index contributed by atoms with van der Waals surface area (Å²) in [7, 11) is 0. The Hall–Kier alpha value is -3.68. The van der Waals surface area contributed by atoms with E-state index in [2.05, 4.69) is 0 Å². The van der Waals surface area contributed by atoms with E-state index >= 15 is 0 Å². The molecule has 172 valence electrons. The van der Waals surface area contributed by atoms with Crippen LogP contribution >= 0.6 is 11.6 Å². The smallest absolute Gasteiger partial charge is 0.337 e. The molecule has 2 atom stereocenters. The molecule has 0 saturated carbocycles. The van der Waals surface area contributed by atoms with Crippen LogP contribution in [0.25, 0.3) is 5.76 Å². The van der Waals surface area contributed by atoms with E-state index in [0.29, 0.717) is 10.7 Å². The van der Waals surface area contributed by atoms with Gasteiger partial charge in [-0.25, -0.2) is 4.79 Å². The first-order valence-corrected chi connectivity index (χ1v) is 11.1. The van der Waals surface area contributed by atoms with Gasteiger partial charge in [-0.3, -0.25) is 9.59 Å². The van der Waals surface area contributed by atoms with Gasteiger partial charge >= 0.3 is 5.97 Å².